The van der Waals surface area contributed by atoms with Gasteiger partial charge in [-0.3, -0.25) is 0 Å². The molecule has 3 rings (SSSR count). The summed E-state index contributed by atoms with van der Waals surface area (Å²) in [6, 6.07) is 21.2. The van der Waals surface area contributed by atoms with Gasteiger partial charge in [-0.1, -0.05) is 46.3 Å². The van der Waals surface area contributed by atoms with Gasteiger partial charge in [0.05, 0.1) is 5.56 Å². The van der Waals surface area contributed by atoms with Crippen LogP contribution < -0.4 is 4.18 Å². The van der Waals surface area contributed by atoms with Crippen LogP contribution in [0.4, 0.5) is 0 Å². The Morgan fingerprint density at radius 1 is 0.852 bits per heavy atom. The maximum atomic E-state index is 12.3. The molecule has 0 fully saturated rings. The van der Waals surface area contributed by atoms with E-state index in [4.69, 9.17) is 8.92 Å². The van der Waals surface area contributed by atoms with Crippen molar-refractivity contribution in [2.45, 2.75) is 11.5 Å². The second-order valence-corrected chi connectivity index (χ2v) is 8.04. The molecule has 7 heteroatoms. The van der Waals surface area contributed by atoms with Gasteiger partial charge >= 0.3 is 16.1 Å². The van der Waals surface area contributed by atoms with Crippen LogP contribution in [0.25, 0.3) is 0 Å². The SMILES string of the molecule is O=C(OCc1ccccc1)c1ccc(OS(=O)(=O)c2ccc(Br)cc2)cc1. The van der Waals surface area contributed by atoms with E-state index in [1.165, 1.54) is 36.4 Å². The fourth-order valence-corrected chi connectivity index (χ4v) is 3.42. The van der Waals surface area contributed by atoms with Gasteiger partial charge in [-0.05, 0) is 54.1 Å². The fraction of sp³-hybridized carbons (Fsp3) is 0.0500. The third kappa shape index (κ3) is 5.18. The third-order valence-electron chi connectivity index (χ3n) is 3.61. The Hall–Kier alpha value is -2.64. The van der Waals surface area contributed by atoms with Crippen LogP contribution in [0, 0.1) is 0 Å². The van der Waals surface area contributed by atoms with E-state index in [1.807, 2.05) is 30.3 Å². The molecule has 0 saturated heterocycles. The third-order valence-corrected chi connectivity index (χ3v) is 5.40. The second kappa shape index (κ2) is 8.37. The first-order chi connectivity index (χ1) is 12.9. The molecular weight excluding hydrogens is 432 g/mol. The zero-order chi connectivity index (χ0) is 19.3. The first-order valence-corrected chi connectivity index (χ1v) is 10.2. The minimum absolute atomic E-state index is 0.0389. The van der Waals surface area contributed by atoms with Crippen molar-refractivity contribution in [2.75, 3.05) is 0 Å². The minimum Gasteiger partial charge on any atom is -0.457 e. The second-order valence-electron chi connectivity index (χ2n) is 5.58. The maximum absolute atomic E-state index is 12.3. The van der Waals surface area contributed by atoms with Crippen LogP contribution in [0.2, 0.25) is 0 Å². The highest BCUT2D eigenvalue weighted by atomic mass is 79.9. The highest BCUT2D eigenvalue weighted by Crippen LogP contribution is 2.21. The van der Waals surface area contributed by atoms with E-state index in [-0.39, 0.29) is 17.3 Å². The van der Waals surface area contributed by atoms with Gasteiger partial charge in [-0.15, -0.1) is 0 Å². The molecule has 0 bridgehead atoms. The number of rotatable bonds is 6. The van der Waals surface area contributed by atoms with E-state index in [9.17, 15) is 13.2 Å². The van der Waals surface area contributed by atoms with Gasteiger partial charge < -0.3 is 8.92 Å². The molecule has 0 aliphatic rings. The molecule has 27 heavy (non-hydrogen) atoms. The van der Waals surface area contributed by atoms with Gasteiger partial charge in [0.1, 0.15) is 17.3 Å². The summed E-state index contributed by atoms with van der Waals surface area (Å²) in [5, 5.41) is 0. The molecule has 0 unspecified atom stereocenters. The standard InChI is InChI=1S/C20H15BrO5S/c21-17-8-12-19(13-9-17)27(23,24)26-18-10-6-16(7-11-18)20(22)25-14-15-4-2-1-3-5-15/h1-13H,14H2. The predicted octanol–water partition coefficient (Wildman–Crippen LogP) is 4.57. The van der Waals surface area contributed by atoms with E-state index in [1.54, 1.807) is 12.1 Å². The molecule has 0 amide bonds. The average molecular weight is 447 g/mol. The lowest BCUT2D eigenvalue weighted by molar-refractivity contribution is 0.0472. The molecule has 3 aromatic carbocycles. The molecule has 0 heterocycles. The Morgan fingerprint density at radius 2 is 1.48 bits per heavy atom. The van der Waals surface area contributed by atoms with E-state index in [0.717, 1.165) is 10.0 Å². The summed E-state index contributed by atoms with van der Waals surface area (Å²) in [6.07, 6.45) is 0. The van der Waals surface area contributed by atoms with Gasteiger partial charge in [0.25, 0.3) is 0 Å². The molecule has 0 aliphatic carbocycles. The number of carbonyl (C=O) groups is 1. The van der Waals surface area contributed by atoms with Crippen LogP contribution in [0.3, 0.4) is 0 Å². The van der Waals surface area contributed by atoms with Crippen LogP contribution in [0.1, 0.15) is 15.9 Å². The smallest absolute Gasteiger partial charge is 0.339 e. The summed E-state index contributed by atoms with van der Waals surface area (Å²) in [4.78, 5) is 12.1. The fourth-order valence-electron chi connectivity index (χ4n) is 2.23. The van der Waals surface area contributed by atoms with Crippen LogP contribution >= 0.6 is 15.9 Å². The van der Waals surface area contributed by atoms with Gasteiger partial charge in [0, 0.05) is 4.47 Å². The zero-order valence-electron chi connectivity index (χ0n) is 14.0. The zero-order valence-corrected chi connectivity index (χ0v) is 16.4. The van der Waals surface area contributed by atoms with E-state index < -0.39 is 16.1 Å². The summed E-state index contributed by atoms with van der Waals surface area (Å²) in [6.45, 7) is 0.163. The van der Waals surface area contributed by atoms with Crippen molar-refractivity contribution >= 4 is 32.0 Å². The predicted molar refractivity (Wildman–Crippen MR) is 104 cm³/mol. The van der Waals surface area contributed by atoms with Crippen LogP contribution in [-0.4, -0.2) is 14.4 Å². The quantitative estimate of drug-likeness (QED) is 0.409. The topological polar surface area (TPSA) is 69.7 Å². The van der Waals surface area contributed by atoms with Crippen LogP contribution in [0.5, 0.6) is 5.75 Å². The molecule has 0 aliphatic heterocycles. The van der Waals surface area contributed by atoms with Crippen molar-refractivity contribution in [3.63, 3.8) is 0 Å². The van der Waals surface area contributed by atoms with Gasteiger partial charge in [-0.2, -0.15) is 8.42 Å². The Labute approximate surface area is 165 Å². The molecule has 5 nitrogen and oxygen atoms in total. The van der Waals surface area contributed by atoms with E-state index >= 15 is 0 Å². The Balaban J connectivity index is 1.64. The van der Waals surface area contributed by atoms with Gasteiger partial charge in [-0.25, -0.2) is 4.79 Å². The molecule has 0 atom stereocenters. The van der Waals surface area contributed by atoms with E-state index in [0.29, 0.717) is 5.56 Å². The number of esters is 1. The summed E-state index contributed by atoms with van der Waals surface area (Å²) < 4.78 is 35.6. The number of carbonyl (C=O) groups excluding carboxylic acids is 1. The molecule has 138 valence electrons. The largest absolute Gasteiger partial charge is 0.457 e. The monoisotopic (exact) mass is 446 g/mol. The van der Waals surface area contributed by atoms with Crippen molar-refractivity contribution in [1.82, 2.24) is 0 Å². The number of hydrogen-bond donors (Lipinski definition) is 0. The molecular formula is C20H15BrO5S. The summed E-state index contributed by atoms with van der Waals surface area (Å²) in [5.74, 6) is -0.390. The molecule has 3 aromatic rings. The number of ether oxygens (including phenoxy) is 1. The first-order valence-electron chi connectivity index (χ1n) is 7.95. The Morgan fingerprint density at radius 3 is 2.11 bits per heavy atom. The summed E-state index contributed by atoms with van der Waals surface area (Å²) >= 11 is 3.25. The highest BCUT2D eigenvalue weighted by Gasteiger charge is 2.17. The molecule has 0 N–H and O–H groups in total. The van der Waals surface area contributed by atoms with Gasteiger partial charge in [0.15, 0.2) is 0 Å². The Bertz CT molecular complexity index is 1010. The minimum atomic E-state index is -3.95. The number of halogens is 1. The number of benzene rings is 3. The number of hydrogen-bond acceptors (Lipinski definition) is 5. The normalized spacial score (nSPS) is 11.0. The first kappa shape index (κ1) is 19.1. The summed E-state index contributed by atoms with van der Waals surface area (Å²) in [5.41, 5.74) is 1.19. The molecule has 0 aromatic heterocycles. The average Bonchev–Trinajstić information content (AvgIpc) is 2.67. The van der Waals surface area contributed by atoms with Crippen molar-refractivity contribution in [2.24, 2.45) is 0 Å². The lowest BCUT2D eigenvalue weighted by Gasteiger charge is -2.08. The summed E-state index contributed by atoms with van der Waals surface area (Å²) in [7, 11) is -3.95. The highest BCUT2D eigenvalue weighted by molar-refractivity contribution is 9.10. The van der Waals surface area contributed by atoms with Crippen LogP contribution in [0.15, 0.2) is 88.2 Å². The van der Waals surface area contributed by atoms with Crippen molar-refractivity contribution in [3.05, 3.63) is 94.5 Å². The maximum Gasteiger partial charge on any atom is 0.339 e. The lowest BCUT2D eigenvalue weighted by Crippen LogP contribution is -2.10. The van der Waals surface area contributed by atoms with Crippen molar-refractivity contribution < 1.29 is 22.1 Å². The molecule has 0 saturated carbocycles. The lowest BCUT2D eigenvalue weighted by atomic mass is 10.2. The Kier molecular flexibility index (Phi) is 5.93. The van der Waals surface area contributed by atoms with Crippen molar-refractivity contribution in [1.29, 1.82) is 0 Å². The van der Waals surface area contributed by atoms with Crippen LogP contribution in [-0.2, 0) is 21.5 Å². The van der Waals surface area contributed by atoms with E-state index in [2.05, 4.69) is 15.9 Å². The van der Waals surface area contributed by atoms with Crippen molar-refractivity contribution in [3.8, 4) is 5.75 Å². The molecule has 0 radical (unpaired) electrons. The van der Waals surface area contributed by atoms with Gasteiger partial charge in [0.2, 0.25) is 0 Å². The molecule has 0 spiro atoms.